The Morgan fingerprint density at radius 3 is 2.72 bits per heavy atom. The summed E-state index contributed by atoms with van der Waals surface area (Å²) in [4.78, 5) is 25.1. The molecule has 1 aromatic carbocycles. The summed E-state index contributed by atoms with van der Waals surface area (Å²) < 4.78 is 7.74. The first-order valence-electron chi connectivity index (χ1n) is 11.1. The van der Waals surface area contributed by atoms with Crippen molar-refractivity contribution in [3.05, 3.63) is 46.4 Å². The predicted molar refractivity (Wildman–Crippen MR) is 124 cm³/mol. The van der Waals surface area contributed by atoms with E-state index in [-0.39, 0.29) is 17.7 Å². The fraction of sp³-hybridized carbons (Fsp3) is 0.435. The third-order valence-corrected chi connectivity index (χ3v) is 6.27. The molecule has 8 nitrogen and oxygen atoms in total. The highest BCUT2D eigenvalue weighted by Crippen LogP contribution is 2.48. The van der Waals surface area contributed by atoms with Crippen LogP contribution in [0.3, 0.4) is 0 Å². The molecular formula is C23H28ClN5O3. The Hall–Kier alpha value is -3.00. The van der Waals surface area contributed by atoms with Crippen LogP contribution in [0.4, 0.5) is 10.5 Å². The number of aryl methyl sites for hydroxylation is 1. The minimum atomic E-state index is -0.527. The van der Waals surface area contributed by atoms with Crippen LogP contribution in [0.25, 0.3) is 11.0 Å². The first-order valence-corrected chi connectivity index (χ1v) is 11.4. The van der Waals surface area contributed by atoms with Crippen LogP contribution in [-0.4, -0.2) is 21.7 Å². The van der Waals surface area contributed by atoms with Crippen LogP contribution >= 0.6 is 11.6 Å². The lowest BCUT2D eigenvalue weighted by molar-refractivity contribution is 0.0925. The quantitative estimate of drug-likeness (QED) is 0.511. The Morgan fingerprint density at radius 1 is 1.28 bits per heavy atom. The molecule has 32 heavy (non-hydrogen) atoms. The number of hydrogen-bond donors (Lipinski definition) is 3. The summed E-state index contributed by atoms with van der Waals surface area (Å²) in [6.07, 6.45) is 8.31. The molecule has 3 amide bonds. The molecule has 0 saturated heterocycles. The number of carbonyl (C=O) groups is 2. The van der Waals surface area contributed by atoms with Crippen molar-refractivity contribution in [3.63, 3.8) is 0 Å². The highest BCUT2D eigenvalue weighted by atomic mass is 35.5. The number of fused-ring (bicyclic) bond motifs is 4. The maximum Gasteiger partial charge on any atom is 0.319 e. The Kier molecular flexibility index (Phi) is 6.15. The van der Waals surface area contributed by atoms with Gasteiger partial charge >= 0.3 is 6.03 Å². The number of nitrogens with one attached hydrogen (secondary N) is 3. The van der Waals surface area contributed by atoms with Gasteiger partial charge in [0.05, 0.1) is 22.4 Å². The van der Waals surface area contributed by atoms with Crippen LogP contribution in [0.15, 0.2) is 28.9 Å². The number of hydrogen-bond acceptors (Lipinski definition) is 4. The summed E-state index contributed by atoms with van der Waals surface area (Å²) in [5.41, 5.74) is 2.38. The SMILES string of the molecule is CC.Cn1cc(CNC(=O)c2cc3cc(Cl)c4c(c3o2)C2(CCCCC2)NC(=O)N4)cn1. The third kappa shape index (κ3) is 3.95. The number of urea groups is 1. The second kappa shape index (κ2) is 8.86. The van der Waals surface area contributed by atoms with E-state index in [0.29, 0.717) is 22.8 Å². The van der Waals surface area contributed by atoms with E-state index in [1.54, 1.807) is 23.0 Å². The highest BCUT2D eigenvalue weighted by molar-refractivity contribution is 6.35. The van der Waals surface area contributed by atoms with Gasteiger partial charge in [-0.25, -0.2) is 4.79 Å². The van der Waals surface area contributed by atoms with Crippen LogP contribution in [0.2, 0.25) is 5.02 Å². The summed E-state index contributed by atoms with van der Waals surface area (Å²) in [5, 5.41) is 14.1. The van der Waals surface area contributed by atoms with E-state index < -0.39 is 5.54 Å². The first-order chi connectivity index (χ1) is 15.4. The number of anilines is 1. The van der Waals surface area contributed by atoms with Crippen molar-refractivity contribution in [2.45, 2.75) is 58.0 Å². The van der Waals surface area contributed by atoms with Gasteiger partial charge in [0, 0.05) is 36.3 Å². The van der Waals surface area contributed by atoms with Gasteiger partial charge < -0.3 is 20.4 Å². The molecule has 1 aliphatic carbocycles. The lowest BCUT2D eigenvalue weighted by Gasteiger charge is -2.42. The average Bonchev–Trinajstić information content (AvgIpc) is 3.40. The third-order valence-electron chi connectivity index (χ3n) is 5.97. The Balaban J connectivity index is 0.00000119. The van der Waals surface area contributed by atoms with E-state index in [0.717, 1.165) is 48.6 Å². The number of amides is 3. The monoisotopic (exact) mass is 457 g/mol. The first kappa shape index (κ1) is 22.2. The van der Waals surface area contributed by atoms with Crippen LogP contribution in [0, 0.1) is 0 Å². The van der Waals surface area contributed by atoms with Crippen molar-refractivity contribution < 1.29 is 14.0 Å². The smallest absolute Gasteiger partial charge is 0.319 e. The molecule has 1 aliphatic heterocycles. The maximum atomic E-state index is 12.7. The van der Waals surface area contributed by atoms with Gasteiger partial charge in [0.15, 0.2) is 5.76 Å². The second-order valence-electron chi connectivity index (χ2n) is 8.06. The Bertz CT molecular complexity index is 1160. The topological polar surface area (TPSA) is 101 Å². The largest absolute Gasteiger partial charge is 0.450 e. The van der Waals surface area contributed by atoms with Gasteiger partial charge in [-0.1, -0.05) is 44.7 Å². The van der Waals surface area contributed by atoms with Gasteiger partial charge in [-0.15, -0.1) is 0 Å². The Morgan fingerprint density at radius 2 is 2.03 bits per heavy atom. The summed E-state index contributed by atoms with van der Waals surface area (Å²) in [6.45, 7) is 4.35. The molecule has 0 atom stereocenters. The van der Waals surface area contributed by atoms with Crippen molar-refractivity contribution >= 4 is 40.2 Å². The summed E-state index contributed by atoms with van der Waals surface area (Å²) in [6, 6.07) is 3.18. The van der Waals surface area contributed by atoms with Crippen LogP contribution in [0.5, 0.6) is 0 Å². The fourth-order valence-corrected chi connectivity index (χ4v) is 4.89. The van der Waals surface area contributed by atoms with Gasteiger partial charge in [0.2, 0.25) is 0 Å². The number of rotatable bonds is 3. The van der Waals surface area contributed by atoms with E-state index in [2.05, 4.69) is 21.0 Å². The number of aromatic nitrogens is 2. The van der Waals surface area contributed by atoms with Gasteiger partial charge in [-0.3, -0.25) is 9.48 Å². The normalized spacial score (nSPS) is 16.6. The number of nitrogens with zero attached hydrogens (tertiary/aromatic N) is 2. The van der Waals surface area contributed by atoms with Gasteiger partial charge in [0.1, 0.15) is 5.58 Å². The van der Waals surface area contributed by atoms with Crippen molar-refractivity contribution in [1.82, 2.24) is 20.4 Å². The summed E-state index contributed by atoms with van der Waals surface area (Å²) in [7, 11) is 1.82. The zero-order valence-corrected chi connectivity index (χ0v) is 19.3. The van der Waals surface area contributed by atoms with E-state index in [4.69, 9.17) is 16.0 Å². The number of furan rings is 1. The lowest BCUT2D eigenvalue weighted by Crippen LogP contribution is -2.52. The van der Waals surface area contributed by atoms with E-state index in [1.165, 1.54) is 0 Å². The number of halogens is 1. The van der Waals surface area contributed by atoms with Gasteiger partial charge in [0.25, 0.3) is 5.91 Å². The molecule has 1 spiro atoms. The Labute approximate surface area is 191 Å². The van der Waals surface area contributed by atoms with E-state index in [1.807, 2.05) is 27.1 Å². The van der Waals surface area contributed by atoms with Crippen LogP contribution < -0.4 is 16.0 Å². The lowest BCUT2D eigenvalue weighted by atomic mass is 9.74. The van der Waals surface area contributed by atoms with Crippen LogP contribution in [0.1, 0.15) is 67.6 Å². The molecule has 9 heteroatoms. The molecule has 1 saturated carbocycles. The standard InChI is InChI=1S/C21H22ClN5O3.C2H6/c1-27-11-12(10-24-27)9-23-19(28)15-8-13-7-14(22)17-16(18(13)30-15)21(26-20(29)25-17)5-3-2-4-6-21;1-2/h7-8,10-11H,2-6,9H2,1H3,(H,23,28)(H2,25,26,29);1-2H3. The van der Waals surface area contributed by atoms with Gasteiger partial charge in [-0.2, -0.15) is 5.10 Å². The second-order valence-corrected chi connectivity index (χ2v) is 8.47. The summed E-state index contributed by atoms with van der Waals surface area (Å²) >= 11 is 6.53. The predicted octanol–water partition coefficient (Wildman–Crippen LogP) is 5.07. The molecule has 0 unspecified atom stereocenters. The minimum absolute atomic E-state index is 0.209. The minimum Gasteiger partial charge on any atom is -0.450 e. The molecule has 0 bridgehead atoms. The molecule has 5 rings (SSSR count). The van der Waals surface area contributed by atoms with Gasteiger partial charge in [-0.05, 0) is 25.0 Å². The van der Waals surface area contributed by atoms with E-state index >= 15 is 0 Å². The molecule has 2 aliphatic rings. The molecule has 170 valence electrons. The molecular weight excluding hydrogens is 430 g/mol. The molecule has 3 aromatic rings. The zero-order chi connectivity index (χ0) is 22.9. The maximum absolute atomic E-state index is 12.7. The summed E-state index contributed by atoms with van der Waals surface area (Å²) in [5.74, 6) is -0.105. The van der Waals surface area contributed by atoms with Crippen molar-refractivity contribution in [1.29, 1.82) is 0 Å². The molecule has 3 N–H and O–H groups in total. The average molecular weight is 458 g/mol. The van der Waals surface area contributed by atoms with Crippen molar-refractivity contribution in [2.24, 2.45) is 7.05 Å². The van der Waals surface area contributed by atoms with Crippen molar-refractivity contribution in [3.8, 4) is 0 Å². The highest BCUT2D eigenvalue weighted by Gasteiger charge is 2.43. The number of carbonyl (C=O) groups excluding carboxylic acids is 2. The molecule has 2 aromatic heterocycles. The molecule has 1 fully saturated rings. The molecule has 3 heterocycles. The fourth-order valence-electron chi connectivity index (χ4n) is 4.63. The van der Waals surface area contributed by atoms with Crippen molar-refractivity contribution in [2.75, 3.05) is 5.32 Å². The number of benzene rings is 1. The van der Waals surface area contributed by atoms with E-state index in [9.17, 15) is 9.59 Å². The van der Waals surface area contributed by atoms with Crippen LogP contribution in [-0.2, 0) is 19.1 Å². The zero-order valence-electron chi connectivity index (χ0n) is 18.5. The molecule has 0 radical (unpaired) electrons.